The number of aromatic nitrogens is 5. The van der Waals surface area contributed by atoms with E-state index in [1.165, 1.54) is 18.4 Å². The van der Waals surface area contributed by atoms with Crippen molar-refractivity contribution < 1.29 is 4.79 Å². The number of hydrogen-bond acceptors (Lipinski definition) is 7. The maximum Gasteiger partial charge on any atom is 0.314 e. The van der Waals surface area contributed by atoms with E-state index in [0.717, 1.165) is 34.2 Å². The Morgan fingerprint density at radius 3 is 2.62 bits per heavy atom. The number of hydrogen-bond donors (Lipinski definition) is 2. The molecule has 1 aliphatic carbocycles. The largest absolute Gasteiger partial charge is 0.361 e. The molecular weight excluding hydrogens is 466 g/mol. The minimum absolute atomic E-state index is 0.0926. The first-order chi connectivity index (χ1) is 18.0. The van der Waals surface area contributed by atoms with Gasteiger partial charge in [0.05, 0.1) is 17.8 Å². The lowest BCUT2D eigenvalue weighted by Crippen LogP contribution is -2.51. The first-order valence-corrected chi connectivity index (χ1v) is 13.2. The van der Waals surface area contributed by atoms with E-state index in [1.54, 1.807) is 4.90 Å². The number of benzene rings is 1. The van der Waals surface area contributed by atoms with Crippen LogP contribution in [0.5, 0.6) is 0 Å². The van der Waals surface area contributed by atoms with Gasteiger partial charge in [0.15, 0.2) is 5.82 Å². The van der Waals surface area contributed by atoms with Crippen molar-refractivity contribution in [1.82, 2.24) is 29.6 Å². The zero-order valence-electron chi connectivity index (χ0n) is 21.3. The highest BCUT2D eigenvalue weighted by molar-refractivity contribution is 5.87. The molecule has 3 aromatic heterocycles. The molecule has 1 saturated heterocycles. The molecule has 4 aromatic rings. The topological polar surface area (TPSA) is 118 Å². The lowest BCUT2D eigenvalue weighted by molar-refractivity contribution is 0.204. The van der Waals surface area contributed by atoms with E-state index in [0.29, 0.717) is 38.0 Å². The number of nitrogens with two attached hydrogens (primary N) is 1. The molecule has 37 heavy (non-hydrogen) atoms. The van der Waals surface area contributed by atoms with Crippen molar-refractivity contribution >= 4 is 39.7 Å². The smallest absolute Gasteiger partial charge is 0.314 e. The summed E-state index contributed by atoms with van der Waals surface area (Å²) in [5, 5.41) is 9.65. The SMILES string of the molecule is CC[C@@H](C)n1ncc2nc(N3CCN(C(N)=O)CC3)nc(N[C@@H](c3cnc4ccccc4c3)C3CC3)c21. The van der Waals surface area contributed by atoms with Crippen molar-refractivity contribution in [2.75, 3.05) is 36.4 Å². The molecule has 2 fully saturated rings. The van der Waals surface area contributed by atoms with Crippen LogP contribution in [0, 0.1) is 5.92 Å². The van der Waals surface area contributed by atoms with Crippen molar-refractivity contribution in [2.45, 2.75) is 45.2 Å². The van der Waals surface area contributed by atoms with Gasteiger partial charge in [0, 0.05) is 43.8 Å². The van der Waals surface area contributed by atoms with Crippen LogP contribution in [0.2, 0.25) is 0 Å². The van der Waals surface area contributed by atoms with E-state index < -0.39 is 0 Å². The van der Waals surface area contributed by atoms with Gasteiger partial charge in [-0.25, -0.2) is 9.78 Å². The Hall–Kier alpha value is -3.95. The second-order valence-electron chi connectivity index (χ2n) is 10.2. The third kappa shape index (κ3) is 4.52. The molecule has 0 unspecified atom stereocenters. The standard InChI is InChI=1S/C27H33N9O/c1-3-17(2)36-24-22(16-30-36)31-27(35-12-10-34(11-13-35)26(28)37)33-25(24)32-23(18-8-9-18)20-14-19-6-4-5-7-21(19)29-15-20/h4-7,14-18,23H,3,8-13H2,1-2H3,(H2,28,37)(H,31,32,33)/t17-,23-/m1/s1. The molecule has 10 nitrogen and oxygen atoms in total. The summed E-state index contributed by atoms with van der Waals surface area (Å²) in [5.74, 6) is 1.96. The van der Waals surface area contributed by atoms with Gasteiger partial charge in [-0.15, -0.1) is 0 Å². The molecule has 192 valence electrons. The lowest BCUT2D eigenvalue weighted by Gasteiger charge is -2.34. The van der Waals surface area contributed by atoms with E-state index in [1.807, 2.05) is 29.2 Å². The third-order valence-electron chi connectivity index (χ3n) is 7.67. The van der Waals surface area contributed by atoms with E-state index in [9.17, 15) is 4.79 Å². The van der Waals surface area contributed by atoms with Crippen molar-refractivity contribution in [3.05, 3.63) is 48.3 Å². The summed E-state index contributed by atoms with van der Waals surface area (Å²) < 4.78 is 2.04. The number of urea groups is 1. The predicted octanol–water partition coefficient (Wildman–Crippen LogP) is 4.11. The fourth-order valence-corrected chi connectivity index (χ4v) is 5.13. The van der Waals surface area contributed by atoms with E-state index in [-0.39, 0.29) is 18.1 Å². The quantitative estimate of drug-likeness (QED) is 0.393. The second kappa shape index (κ2) is 9.49. The van der Waals surface area contributed by atoms with E-state index in [4.69, 9.17) is 25.8 Å². The number of nitrogens with zero attached hydrogens (tertiary/aromatic N) is 7. The summed E-state index contributed by atoms with van der Waals surface area (Å²) in [5.41, 5.74) is 9.39. The summed E-state index contributed by atoms with van der Waals surface area (Å²) in [7, 11) is 0. The number of amides is 2. The van der Waals surface area contributed by atoms with Gasteiger partial charge in [0.1, 0.15) is 11.0 Å². The molecular formula is C27H33N9O. The summed E-state index contributed by atoms with van der Waals surface area (Å²) in [4.78, 5) is 30.1. The van der Waals surface area contributed by atoms with Crippen LogP contribution in [0.15, 0.2) is 42.7 Å². The highest BCUT2D eigenvalue weighted by Gasteiger charge is 2.34. The predicted molar refractivity (Wildman–Crippen MR) is 145 cm³/mol. The Kier molecular flexibility index (Phi) is 6.02. The number of para-hydroxylation sites is 1. The van der Waals surface area contributed by atoms with Crippen LogP contribution in [0.3, 0.4) is 0 Å². The number of primary amides is 1. The van der Waals surface area contributed by atoms with Gasteiger partial charge < -0.3 is 20.9 Å². The highest BCUT2D eigenvalue weighted by Crippen LogP contribution is 2.44. The van der Waals surface area contributed by atoms with Gasteiger partial charge >= 0.3 is 6.03 Å². The van der Waals surface area contributed by atoms with Crippen LogP contribution in [0.4, 0.5) is 16.6 Å². The molecule has 1 aromatic carbocycles. The first-order valence-electron chi connectivity index (χ1n) is 13.2. The molecule has 0 bridgehead atoms. The van der Waals surface area contributed by atoms with Gasteiger partial charge in [-0.1, -0.05) is 25.1 Å². The van der Waals surface area contributed by atoms with Crippen LogP contribution >= 0.6 is 0 Å². The van der Waals surface area contributed by atoms with Gasteiger partial charge in [0.2, 0.25) is 5.95 Å². The molecule has 10 heteroatoms. The monoisotopic (exact) mass is 499 g/mol. The lowest BCUT2D eigenvalue weighted by atomic mass is 10.0. The zero-order chi connectivity index (χ0) is 25.5. The first kappa shape index (κ1) is 23.4. The highest BCUT2D eigenvalue weighted by atomic mass is 16.2. The number of rotatable bonds is 7. The number of nitrogens with one attached hydrogen (secondary N) is 1. The molecule has 2 aliphatic rings. The average Bonchev–Trinajstić information content (AvgIpc) is 3.68. The maximum atomic E-state index is 11.6. The second-order valence-corrected chi connectivity index (χ2v) is 10.2. The zero-order valence-corrected chi connectivity index (χ0v) is 21.3. The molecule has 1 saturated carbocycles. The van der Waals surface area contributed by atoms with Crippen LogP contribution in [0.1, 0.15) is 50.8 Å². The molecule has 1 aliphatic heterocycles. The molecule has 0 spiro atoms. The van der Waals surface area contributed by atoms with Crippen molar-refractivity contribution in [1.29, 1.82) is 0 Å². The summed E-state index contributed by atoms with van der Waals surface area (Å²) >= 11 is 0. The number of pyridine rings is 1. The van der Waals surface area contributed by atoms with Gasteiger partial charge in [-0.3, -0.25) is 9.67 Å². The maximum absolute atomic E-state index is 11.6. The Morgan fingerprint density at radius 1 is 1.11 bits per heavy atom. The van der Waals surface area contributed by atoms with Crippen LogP contribution < -0.4 is 16.0 Å². The van der Waals surface area contributed by atoms with Gasteiger partial charge in [-0.05, 0) is 49.8 Å². The minimum atomic E-state index is -0.385. The fraction of sp³-hybridized carbons (Fsp3) is 0.444. The Labute approximate surface area is 215 Å². The Bertz CT molecular complexity index is 1440. The molecule has 3 N–H and O–H groups in total. The molecule has 2 amide bonds. The molecule has 6 rings (SSSR count). The summed E-state index contributed by atoms with van der Waals surface area (Å²) in [6.45, 7) is 6.70. The van der Waals surface area contributed by atoms with Gasteiger partial charge in [0.25, 0.3) is 0 Å². The van der Waals surface area contributed by atoms with Gasteiger partial charge in [-0.2, -0.15) is 10.1 Å². The number of anilines is 2. The minimum Gasteiger partial charge on any atom is -0.361 e. The number of fused-ring (bicyclic) bond motifs is 2. The third-order valence-corrected chi connectivity index (χ3v) is 7.67. The van der Waals surface area contributed by atoms with Crippen molar-refractivity contribution in [2.24, 2.45) is 11.7 Å². The average molecular weight is 500 g/mol. The number of carbonyl (C=O) groups excluding carboxylic acids is 1. The Balaban J connectivity index is 1.40. The van der Waals surface area contributed by atoms with Crippen LogP contribution in [0.25, 0.3) is 21.9 Å². The molecule has 4 heterocycles. The molecule has 2 atom stereocenters. The van der Waals surface area contributed by atoms with Crippen LogP contribution in [-0.4, -0.2) is 61.8 Å². The number of carbonyl (C=O) groups is 1. The van der Waals surface area contributed by atoms with Crippen molar-refractivity contribution in [3.8, 4) is 0 Å². The molecule has 0 radical (unpaired) electrons. The van der Waals surface area contributed by atoms with E-state index >= 15 is 0 Å². The normalized spacial score (nSPS) is 17.8. The number of piperazine rings is 1. The summed E-state index contributed by atoms with van der Waals surface area (Å²) in [6, 6.07) is 10.4. The van der Waals surface area contributed by atoms with E-state index in [2.05, 4.69) is 42.3 Å². The van der Waals surface area contributed by atoms with Crippen LogP contribution in [-0.2, 0) is 0 Å². The summed E-state index contributed by atoms with van der Waals surface area (Å²) in [6.07, 6.45) is 7.12. The Morgan fingerprint density at radius 2 is 1.89 bits per heavy atom. The van der Waals surface area contributed by atoms with Crippen molar-refractivity contribution in [3.63, 3.8) is 0 Å². The fourth-order valence-electron chi connectivity index (χ4n) is 5.13.